The van der Waals surface area contributed by atoms with Gasteiger partial charge in [0, 0.05) is 30.9 Å². The fraction of sp³-hybridized carbons (Fsp3) is 0.538. The topological polar surface area (TPSA) is 65.2 Å². The zero-order chi connectivity index (χ0) is 13.1. The van der Waals surface area contributed by atoms with Crippen molar-refractivity contribution < 1.29 is 4.79 Å². The van der Waals surface area contributed by atoms with Gasteiger partial charge in [0.25, 0.3) is 5.91 Å². The van der Waals surface area contributed by atoms with Crippen LogP contribution in [0.2, 0.25) is 0 Å². The van der Waals surface area contributed by atoms with E-state index in [9.17, 15) is 9.59 Å². The zero-order valence-corrected chi connectivity index (χ0v) is 10.8. The monoisotopic (exact) mass is 249 g/mol. The van der Waals surface area contributed by atoms with E-state index in [4.69, 9.17) is 0 Å². The molecule has 1 aliphatic rings. The minimum atomic E-state index is -0.201. The number of pyridine rings is 1. The van der Waals surface area contributed by atoms with Gasteiger partial charge >= 0.3 is 0 Å². The third-order valence-electron chi connectivity index (χ3n) is 3.42. The molecule has 2 N–H and O–H groups in total. The standard InChI is InChI=1S/C13H19N3O2/c1-9(16(2)11-4-5-11)7-15-13(18)10-3-6-12(17)14-8-10/h3,6,8-9,11H,4-5,7H2,1-2H3,(H,14,17)(H,15,18). The Morgan fingerprint density at radius 1 is 1.56 bits per heavy atom. The van der Waals surface area contributed by atoms with Crippen molar-refractivity contribution in [3.05, 3.63) is 34.2 Å². The Bertz CT molecular complexity index is 459. The van der Waals surface area contributed by atoms with Crippen LogP contribution >= 0.6 is 0 Å². The molecule has 5 heteroatoms. The summed E-state index contributed by atoms with van der Waals surface area (Å²) in [5.74, 6) is -0.151. The molecule has 1 atom stereocenters. The first-order chi connectivity index (χ1) is 8.58. The number of hydrogen-bond donors (Lipinski definition) is 2. The van der Waals surface area contributed by atoms with Crippen LogP contribution < -0.4 is 10.9 Å². The number of likely N-dealkylation sites (N-methyl/N-ethyl adjacent to an activating group) is 1. The number of nitrogens with one attached hydrogen (secondary N) is 2. The molecular formula is C13H19N3O2. The summed E-state index contributed by atoms with van der Waals surface area (Å²) in [5, 5.41) is 2.88. The molecule has 1 aliphatic carbocycles. The van der Waals surface area contributed by atoms with E-state index in [0.29, 0.717) is 24.2 Å². The van der Waals surface area contributed by atoms with Crippen molar-refractivity contribution in [3.8, 4) is 0 Å². The first-order valence-corrected chi connectivity index (χ1v) is 6.27. The Balaban J connectivity index is 1.84. The summed E-state index contributed by atoms with van der Waals surface area (Å²) in [4.78, 5) is 27.5. The van der Waals surface area contributed by atoms with Crippen LogP contribution in [-0.2, 0) is 0 Å². The molecule has 18 heavy (non-hydrogen) atoms. The van der Waals surface area contributed by atoms with Crippen molar-refractivity contribution in [2.45, 2.75) is 31.8 Å². The van der Waals surface area contributed by atoms with Gasteiger partial charge in [-0.2, -0.15) is 0 Å². The molecule has 0 aliphatic heterocycles. The maximum absolute atomic E-state index is 11.8. The number of carbonyl (C=O) groups excluding carboxylic acids is 1. The predicted octanol–water partition coefficient (Wildman–Crippen LogP) is 0.587. The Morgan fingerprint density at radius 2 is 2.28 bits per heavy atom. The Labute approximate surface area is 106 Å². The number of hydrogen-bond acceptors (Lipinski definition) is 3. The molecule has 0 spiro atoms. The van der Waals surface area contributed by atoms with Crippen LogP contribution in [0.25, 0.3) is 0 Å². The molecule has 1 unspecified atom stereocenters. The van der Waals surface area contributed by atoms with Gasteiger partial charge in [0.2, 0.25) is 5.56 Å². The average molecular weight is 249 g/mol. The zero-order valence-electron chi connectivity index (χ0n) is 10.8. The number of amides is 1. The van der Waals surface area contributed by atoms with Crippen molar-refractivity contribution in [1.82, 2.24) is 15.2 Å². The van der Waals surface area contributed by atoms with E-state index < -0.39 is 0 Å². The minimum Gasteiger partial charge on any atom is -0.350 e. The van der Waals surface area contributed by atoms with Crippen molar-refractivity contribution in [3.63, 3.8) is 0 Å². The number of carbonyl (C=O) groups is 1. The van der Waals surface area contributed by atoms with Crippen molar-refractivity contribution >= 4 is 5.91 Å². The molecule has 1 amide bonds. The van der Waals surface area contributed by atoms with Crippen molar-refractivity contribution in [2.75, 3.05) is 13.6 Å². The van der Waals surface area contributed by atoms with Crippen molar-refractivity contribution in [2.24, 2.45) is 0 Å². The molecule has 5 nitrogen and oxygen atoms in total. The molecule has 1 fully saturated rings. The Hall–Kier alpha value is -1.62. The van der Waals surface area contributed by atoms with Gasteiger partial charge in [-0.05, 0) is 32.9 Å². The van der Waals surface area contributed by atoms with Gasteiger partial charge in [-0.3, -0.25) is 14.5 Å². The fourth-order valence-electron chi connectivity index (χ4n) is 1.88. The third-order valence-corrected chi connectivity index (χ3v) is 3.42. The number of aromatic nitrogens is 1. The second kappa shape index (κ2) is 5.35. The summed E-state index contributed by atoms with van der Waals surface area (Å²) < 4.78 is 0. The van der Waals surface area contributed by atoms with Gasteiger partial charge in [0.1, 0.15) is 0 Å². The van der Waals surface area contributed by atoms with Crippen molar-refractivity contribution in [1.29, 1.82) is 0 Å². The first kappa shape index (κ1) is 12.8. The summed E-state index contributed by atoms with van der Waals surface area (Å²) in [6.45, 7) is 2.72. The average Bonchev–Trinajstić information content (AvgIpc) is 3.19. The van der Waals surface area contributed by atoms with E-state index in [1.54, 1.807) is 0 Å². The number of aromatic amines is 1. The lowest BCUT2D eigenvalue weighted by Gasteiger charge is -2.24. The van der Waals surface area contributed by atoms with E-state index in [1.807, 2.05) is 0 Å². The van der Waals surface area contributed by atoms with E-state index in [2.05, 4.69) is 29.2 Å². The van der Waals surface area contributed by atoms with Gasteiger partial charge in [-0.25, -0.2) is 0 Å². The lowest BCUT2D eigenvalue weighted by Crippen LogP contribution is -2.41. The van der Waals surface area contributed by atoms with Crippen LogP contribution in [-0.4, -0.2) is 41.5 Å². The molecule has 1 saturated carbocycles. The highest BCUT2D eigenvalue weighted by Gasteiger charge is 2.29. The molecule has 1 heterocycles. The summed E-state index contributed by atoms with van der Waals surface area (Å²) in [5.41, 5.74) is 0.282. The van der Waals surface area contributed by atoms with E-state index in [1.165, 1.54) is 31.2 Å². The van der Waals surface area contributed by atoms with Crippen LogP contribution in [0.5, 0.6) is 0 Å². The largest absolute Gasteiger partial charge is 0.350 e. The van der Waals surface area contributed by atoms with Crippen LogP contribution in [0.4, 0.5) is 0 Å². The van der Waals surface area contributed by atoms with E-state index in [-0.39, 0.29) is 11.5 Å². The lowest BCUT2D eigenvalue weighted by atomic mass is 10.2. The maximum Gasteiger partial charge on any atom is 0.252 e. The summed E-state index contributed by atoms with van der Waals surface area (Å²) in [6, 6.07) is 3.90. The molecule has 98 valence electrons. The molecular weight excluding hydrogens is 230 g/mol. The number of rotatable bonds is 5. The predicted molar refractivity (Wildman–Crippen MR) is 69.6 cm³/mol. The van der Waals surface area contributed by atoms with Gasteiger partial charge in [-0.15, -0.1) is 0 Å². The second-order valence-corrected chi connectivity index (χ2v) is 4.90. The highest BCUT2D eigenvalue weighted by atomic mass is 16.1. The molecule has 0 bridgehead atoms. The van der Waals surface area contributed by atoms with Crippen LogP contribution in [0.15, 0.2) is 23.1 Å². The van der Waals surface area contributed by atoms with Crippen LogP contribution in [0.3, 0.4) is 0 Å². The molecule has 0 saturated heterocycles. The van der Waals surface area contributed by atoms with Gasteiger partial charge in [-0.1, -0.05) is 0 Å². The fourth-order valence-corrected chi connectivity index (χ4v) is 1.88. The SMILES string of the molecule is CC(CNC(=O)c1ccc(=O)[nH]c1)N(C)C1CC1. The van der Waals surface area contributed by atoms with Gasteiger partial charge < -0.3 is 10.3 Å². The maximum atomic E-state index is 11.8. The quantitative estimate of drug-likeness (QED) is 0.802. The molecule has 1 aromatic heterocycles. The molecule has 0 radical (unpaired) electrons. The first-order valence-electron chi connectivity index (χ1n) is 6.27. The lowest BCUT2D eigenvalue weighted by molar-refractivity contribution is 0.0939. The second-order valence-electron chi connectivity index (χ2n) is 4.90. The van der Waals surface area contributed by atoms with Crippen LogP contribution in [0, 0.1) is 0 Å². The summed E-state index contributed by atoms with van der Waals surface area (Å²) in [7, 11) is 2.09. The van der Waals surface area contributed by atoms with Gasteiger partial charge in [0.05, 0.1) is 5.56 Å². The molecule has 1 aromatic rings. The van der Waals surface area contributed by atoms with E-state index in [0.717, 1.165) is 0 Å². The molecule has 2 rings (SSSR count). The third kappa shape index (κ3) is 3.20. The molecule has 0 aromatic carbocycles. The summed E-state index contributed by atoms with van der Waals surface area (Å²) in [6.07, 6.45) is 3.95. The van der Waals surface area contributed by atoms with E-state index >= 15 is 0 Å². The number of nitrogens with zero attached hydrogens (tertiary/aromatic N) is 1. The highest BCUT2D eigenvalue weighted by molar-refractivity contribution is 5.93. The van der Waals surface area contributed by atoms with Gasteiger partial charge in [0.15, 0.2) is 0 Å². The number of H-pyrrole nitrogens is 1. The summed E-state index contributed by atoms with van der Waals surface area (Å²) >= 11 is 0. The van der Waals surface area contributed by atoms with Crippen LogP contribution in [0.1, 0.15) is 30.1 Å². The Morgan fingerprint density at radius 3 is 2.83 bits per heavy atom. The smallest absolute Gasteiger partial charge is 0.252 e. The minimum absolute atomic E-state index is 0.151. The Kier molecular flexibility index (Phi) is 3.81. The normalized spacial score (nSPS) is 16.6. The highest BCUT2D eigenvalue weighted by Crippen LogP contribution is 2.26.